The van der Waals surface area contributed by atoms with Gasteiger partial charge in [-0.05, 0) is 35.4 Å². The van der Waals surface area contributed by atoms with Crippen LogP contribution in [0.1, 0.15) is 34.1 Å². The summed E-state index contributed by atoms with van der Waals surface area (Å²) in [5.74, 6) is -0.0839. The van der Waals surface area contributed by atoms with Crippen LogP contribution in [0.4, 0.5) is 0 Å². The van der Waals surface area contributed by atoms with Crippen molar-refractivity contribution in [3.8, 4) is 10.6 Å². The standard InChI is InChI=1S/C17H14N2OS2/c20-16(15-10-22-17(19-15)12-7-8-21-9-12)18-14-6-5-11-3-1-2-4-13(11)14/h1-4,7-10,14H,5-6H2,(H,18,20)/t14-/m0/s1. The van der Waals surface area contributed by atoms with Crippen LogP contribution in [0.5, 0.6) is 0 Å². The van der Waals surface area contributed by atoms with Gasteiger partial charge in [0.1, 0.15) is 10.7 Å². The molecule has 2 heterocycles. The van der Waals surface area contributed by atoms with Crippen LogP contribution in [0.25, 0.3) is 10.6 Å². The molecule has 0 bridgehead atoms. The summed E-state index contributed by atoms with van der Waals surface area (Å²) in [5.41, 5.74) is 4.17. The highest BCUT2D eigenvalue weighted by molar-refractivity contribution is 7.14. The van der Waals surface area contributed by atoms with Gasteiger partial charge in [-0.3, -0.25) is 4.79 Å². The van der Waals surface area contributed by atoms with E-state index in [2.05, 4.69) is 28.5 Å². The highest BCUT2D eigenvalue weighted by Gasteiger charge is 2.24. The molecule has 2 aromatic heterocycles. The number of amides is 1. The molecule has 0 unspecified atom stereocenters. The number of aryl methyl sites for hydroxylation is 1. The van der Waals surface area contributed by atoms with E-state index in [1.165, 1.54) is 22.5 Å². The Morgan fingerprint density at radius 3 is 3.00 bits per heavy atom. The highest BCUT2D eigenvalue weighted by atomic mass is 32.1. The van der Waals surface area contributed by atoms with E-state index < -0.39 is 0 Å². The van der Waals surface area contributed by atoms with Gasteiger partial charge < -0.3 is 5.32 Å². The lowest BCUT2D eigenvalue weighted by Gasteiger charge is -2.12. The molecule has 0 saturated heterocycles. The highest BCUT2D eigenvalue weighted by Crippen LogP contribution is 2.31. The summed E-state index contributed by atoms with van der Waals surface area (Å²) in [6.07, 6.45) is 1.99. The molecule has 0 spiro atoms. The van der Waals surface area contributed by atoms with E-state index in [0.717, 1.165) is 23.4 Å². The normalized spacial score (nSPS) is 16.5. The molecular weight excluding hydrogens is 312 g/mol. The summed E-state index contributed by atoms with van der Waals surface area (Å²) in [5, 5.41) is 9.92. The van der Waals surface area contributed by atoms with Crippen molar-refractivity contribution < 1.29 is 4.79 Å². The summed E-state index contributed by atoms with van der Waals surface area (Å²) in [6.45, 7) is 0. The average Bonchev–Trinajstić information content (AvgIpc) is 3.28. The minimum absolute atomic E-state index is 0.0839. The second-order valence-corrected chi connectivity index (χ2v) is 6.95. The van der Waals surface area contributed by atoms with Gasteiger partial charge in [0.15, 0.2) is 0 Å². The molecule has 0 aliphatic heterocycles. The number of fused-ring (bicyclic) bond motifs is 1. The minimum atomic E-state index is -0.0839. The van der Waals surface area contributed by atoms with E-state index in [9.17, 15) is 4.79 Å². The lowest BCUT2D eigenvalue weighted by molar-refractivity contribution is 0.0932. The number of benzene rings is 1. The molecule has 3 nitrogen and oxygen atoms in total. The lowest BCUT2D eigenvalue weighted by atomic mass is 10.1. The zero-order chi connectivity index (χ0) is 14.9. The molecule has 1 N–H and O–H groups in total. The zero-order valence-electron chi connectivity index (χ0n) is 11.8. The van der Waals surface area contributed by atoms with Gasteiger partial charge >= 0.3 is 0 Å². The lowest BCUT2D eigenvalue weighted by Crippen LogP contribution is -2.27. The first-order valence-electron chi connectivity index (χ1n) is 7.18. The average molecular weight is 326 g/mol. The van der Waals surface area contributed by atoms with Crippen LogP contribution in [0, 0.1) is 0 Å². The fraction of sp³-hybridized carbons (Fsp3) is 0.176. The smallest absolute Gasteiger partial charge is 0.271 e. The van der Waals surface area contributed by atoms with E-state index in [4.69, 9.17) is 0 Å². The third-order valence-electron chi connectivity index (χ3n) is 3.94. The van der Waals surface area contributed by atoms with Crippen molar-refractivity contribution in [2.45, 2.75) is 18.9 Å². The van der Waals surface area contributed by atoms with Crippen LogP contribution in [0.2, 0.25) is 0 Å². The maximum atomic E-state index is 12.4. The monoisotopic (exact) mass is 326 g/mol. The fourth-order valence-corrected chi connectivity index (χ4v) is 4.35. The Kier molecular flexibility index (Phi) is 3.52. The zero-order valence-corrected chi connectivity index (χ0v) is 13.4. The van der Waals surface area contributed by atoms with Crippen molar-refractivity contribution in [1.82, 2.24) is 10.3 Å². The second kappa shape index (κ2) is 5.66. The number of carbonyl (C=O) groups is 1. The largest absolute Gasteiger partial charge is 0.344 e. The van der Waals surface area contributed by atoms with Gasteiger partial charge in [0.05, 0.1) is 6.04 Å². The van der Waals surface area contributed by atoms with Gasteiger partial charge in [-0.2, -0.15) is 11.3 Å². The Bertz CT molecular complexity index is 808. The molecule has 0 fully saturated rings. The van der Waals surface area contributed by atoms with Crippen molar-refractivity contribution in [2.24, 2.45) is 0 Å². The topological polar surface area (TPSA) is 42.0 Å². The van der Waals surface area contributed by atoms with Crippen LogP contribution < -0.4 is 5.32 Å². The Morgan fingerprint density at radius 1 is 1.23 bits per heavy atom. The molecule has 3 aromatic rings. The number of rotatable bonds is 3. The molecule has 5 heteroatoms. The van der Waals surface area contributed by atoms with Crippen molar-refractivity contribution in [3.05, 3.63) is 63.3 Å². The molecule has 110 valence electrons. The van der Waals surface area contributed by atoms with Gasteiger partial charge in [-0.25, -0.2) is 4.98 Å². The molecular formula is C17H14N2OS2. The molecule has 0 radical (unpaired) electrons. The van der Waals surface area contributed by atoms with E-state index in [0.29, 0.717) is 5.69 Å². The molecule has 22 heavy (non-hydrogen) atoms. The first-order chi connectivity index (χ1) is 10.8. The van der Waals surface area contributed by atoms with E-state index in [-0.39, 0.29) is 11.9 Å². The Morgan fingerprint density at radius 2 is 2.14 bits per heavy atom. The number of hydrogen-bond donors (Lipinski definition) is 1. The summed E-state index contributed by atoms with van der Waals surface area (Å²) in [6, 6.07) is 10.5. The molecule has 1 aliphatic rings. The van der Waals surface area contributed by atoms with Gasteiger partial charge in [-0.1, -0.05) is 24.3 Å². The van der Waals surface area contributed by atoms with Crippen LogP contribution in [0.15, 0.2) is 46.5 Å². The van der Waals surface area contributed by atoms with Crippen LogP contribution in [-0.4, -0.2) is 10.9 Å². The quantitative estimate of drug-likeness (QED) is 0.780. The minimum Gasteiger partial charge on any atom is -0.344 e. The molecule has 1 atom stereocenters. The molecule has 0 saturated carbocycles. The third kappa shape index (κ3) is 2.46. The predicted octanol–water partition coefficient (Wildman–Crippen LogP) is 4.29. The van der Waals surface area contributed by atoms with Crippen molar-refractivity contribution in [1.29, 1.82) is 0 Å². The number of nitrogens with one attached hydrogen (secondary N) is 1. The Labute approximate surface area is 136 Å². The van der Waals surface area contributed by atoms with Gasteiger partial charge in [0, 0.05) is 16.3 Å². The third-order valence-corrected chi connectivity index (χ3v) is 5.52. The van der Waals surface area contributed by atoms with Gasteiger partial charge in [0.2, 0.25) is 0 Å². The number of thiophene rings is 1. The number of nitrogens with zero attached hydrogens (tertiary/aromatic N) is 1. The summed E-state index contributed by atoms with van der Waals surface area (Å²) < 4.78 is 0. The number of carbonyl (C=O) groups excluding carboxylic acids is 1. The first-order valence-corrected chi connectivity index (χ1v) is 9.00. The van der Waals surface area contributed by atoms with E-state index >= 15 is 0 Å². The van der Waals surface area contributed by atoms with Crippen LogP contribution in [-0.2, 0) is 6.42 Å². The molecule has 1 aliphatic carbocycles. The van der Waals surface area contributed by atoms with E-state index in [1.807, 2.05) is 28.3 Å². The Balaban J connectivity index is 1.52. The summed E-state index contributed by atoms with van der Waals surface area (Å²) in [7, 11) is 0. The van der Waals surface area contributed by atoms with Crippen LogP contribution in [0.3, 0.4) is 0 Å². The first kappa shape index (κ1) is 13.7. The van der Waals surface area contributed by atoms with Crippen molar-refractivity contribution in [2.75, 3.05) is 0 Å². The van der Waals surface area contributed by atoms with E-state index in [1.54, 1.807) is 11.3 Å². The molecule has 1 aromatic carbocycles. The number of thiazole rings is 1. The molecule has 1 amide bonds. The molecule has 4 rings (SSSR count). The van der Waals surface area contributed by atoms with Gasteiger partial charge in [0.25, 0.3) is 5.91 Å². The second-order valence-electron chi connectivity index (χ2n) is 5.31. The fourth-order valence-electron chi connectivity index (χ4n) is 2.84. The summed E-state index contributed by atoms with van der Waals surface area (Å²) >= 11 is 3.15. The number of hydrogen-bond acceptors (Lipinski definition) is 4. The number of aromatic nitrogens is 1. The SMILES string of the molecule is O=C(N[C@H]1CCc2ccccc21)c1csc(-c2ccsc2)n1. The predicted molar refractivity (Wildman–Crippen MR) is 90.4 cm³/mol. The van der Waals surface area contributed by atoms with Crippen molar-refractivity contribution >= 4 is 28.6 Å². The van der Waals surface area contributed by atoms with Crippen molar-refractivity contribution in [3.63, 3.8) is 0 Å². The Hall–Kier alpha value is -1.98. The maximum Gasteiger partial charge on any atom is 0.271 e. The maximum absolute atomic E-state index is 12.4. The van der Waals surface area contributed by atoms with Gasteiger partial charge in [-0.15, -0.1) is 11.3 Å². The summed E-state index contributed by atoms with van der Waals surface area (Å²) in [4.78, 5) is 16.9. The van der Waals surface area contributed by atoms with Crippen LogP contribution >= 0.6 is 22.7 Å².